The Hall–Kier alpha value is -1.56. The highest BCUT2D eigenvalue weighted by Gasteiger charge is 2.32. The number of halogens is 3. The van der Waals surface area contributed by atoms with Crippen LogP contribution in [0.1, 0.15) is 11.1 Å². The minimum absolute atomic E-state index is 0.0430. The summed E-state index contributed by atoms with van der Waals surface area (Å²) in [7, 11) is 0. The summed E-state index contributed by atoms with van der Waals surface area (Å²) in [6.45, 7) is -0.190. The predicted octanol–water partition coefficient (Wildman–Crippen LogP) is 1.28. The lowest BCUT2D eigenvalue weighted by atomic mass is 10.1. The normalized spacial score (nSPS) is 11.4. The molecule has 1 aromatic carbocycles. The van der Waals surface area contributed by atoms with Crippen molar-refractivity contribution in [3.63, 3.8) is 0 Å². The van der Waals surface area contributed by atoms with Crippen molar-refractivity contribution >= 4 is 5.91 Å². The van der Waals surface area contributed by atoms with Gasteiger partial charge >= 0.3 is 6.18 Å². The van der Waals surface area contributed by atoms with Crippen LogP contribution < -0.4 is 11.1 Å². The van der Waals surface area contributed by atoms with Crippen molar-refractivity contribution in [2.45, 2.75) is 12.7 Å². The number of carbonyl (C=O) groups is 1. The summed E-state index contributed by atoms with van der Waals surface area (Å²) in [5, 5.41) is 2.54. The van der Waals surface area contributed by atoms with E-state index < -0.39 is 17.6 Å². The predicted molar refractivity (Wildman–Crippen MR) is 52.3 cm³/mol. The number of hydrogen-bond acceptors (Lipinski definition) is 2. The van der Waals surface area contributed by atoms with Gasteiger partial charge < -0.3 is 11.1 Å². The highest BCUT2D eigenvalue weighted by Crippen LogP contribution is 2.31. The highest BCUT2D eigenvalue weighted by atomic mass is 19.4. The van der Waals surface area contributed by atoms with Gasteiger partial charge in [0.25, 0.3) is 0 Å². The Morgan fingerprint density at radius 2 is 1.94 bits per heavy atom. The lowest BCUT2D eigenvalue weighted by Crippen LogP contribution is -2.28. The van der Waals surface area contributed by atoms with Crippen LogP contribution in [-0.2, 0) is 17.5 Å². The van der Waals surface area contributed by atoms with Crippen molar-refractivity contribution < 1.29 is 18.0 Å². The van der Waals surface area contributed by atoms with Crippen LogP contribution >= 0.6 is 0 Å². The third-order valence-corrected chi connectivity index (χ3v) is 1.94. The van der Waals surface area contributed by atoms with Crippen molar-refractivity contribution in [3.8, 4) is 0 Å². The molecule has 3 N–H and O–H groups in total. The molecule has 0 unspecified atom stereocenters. The number of nitrogens with one attached hydrogen (secondary N) is 1. The average molecular weight is 232 g/mol. The molecule has 0 aliphatic rings. The van der Waals surface area contributed by atoms with Crippen LogP contribution in [0, 0.1) is 0 Å². The minimum atomic E-state index is -4.38. The first-order valence-electron chi connectivity index (χ1n) is 4.55. The molecule has 1 amide bonds. The van der Waals surface area contributed by atoms with Gasteiger partial charge in [-0.3, -0.25) is 4.79 Å². The Morgan fingerprint density at radius 3 is 2.50 bits per heavy atom. The second-order valence-corrected chi connectivity index (χ2v) is 3.22. The van der Waals surface area contributed by atoms with Gasteiger partial charge in [0, 0.05) is 6.54 Å². The molecule has 6 heteroatoms. The first-order chi connectivity index (χ1) is 7.41. The number of nitrogens with two attached hydrogens (primary N) is 1. The number of primary amides is 1. The first-order valence-corrected chi connectivity index (χ1v) is 4.55. The smallest absolute Gasteiger partial charge is 0.369 e. The monoisotopic (exact) mass is 232 g/mol. The fourth-order valence-electron chi connectivity index (χ4n) is 1.27. The van der Waals surface area contributed by atoms with Crippen molar-refractivity contribution in [1.82, 2.24) is 5.32 Å². The summed E-state index contributed by atoms with van der Waals surface area (Å²) in [6.07, 6.45) is -4.38. The number of amides is 1. The zero-order valence-electron chi connectivity index (χ0n) is 8.34. The Balaban J connectivity index is 2.76. The van der Waals surface area contributed by atoms with Crippen LogP contribution in [0.3, 0.4) is 0 Å². The Kier molecular flexibility index (Phi) is 3.89. The lowest BCUT2D eigenvalue weighted by Gasteiger charge is -2.12. The van der Waals surface area contributed by atoms with E-state index in [9.17, 15) is 18.0 Å². The molecule has 0 aliphatic carbocycles. The van der Waals surface area contributed by atoms with E-state index in [0.29, 0.717) is 0 Å². The van der Waals surface area contributed by atoms with Crippen LogP contribution in [0.2, 0.25) is 0 Å². The van der Waals surface area contributed by atoms with Gasteiger partial charge in [0.05, 0.1) is 12.1 Å². The van der Waals surface area contributed by atoms with Crippen LogP contribution in [0.5, 0.6) is 0 Å². The molecule has 0 saturated heterocycles. The van der Waals surface area contributed by atoms with Gasteiger partial charge in [0.1, 0.15) is 0 Å². The summed E-state index contributed by atoms with van der Waals surface area (Å²) < 4.78 is 37.5. The van der Waals surface area contributed by atoms with E-state index in [2.05, 4.69) is 5.32 Å². The molecule has 88 valence electrons. The van der Waals surface area contributed by atoms with E-state index in [1.165, 1.54) is 18.2 Å². The van der Waals surface area contributed by atoms with Gasteiger partial charge in [0.2, 0.25) is 5.91 Å². The molecule has 0 radical (unpaired) electrons. The zero-order valence-corrected chi connectivity index (χ0v) is 8.34. The van der Waals surface area contributed by atoms with E-state index in [4.69, 9.17) is 5.73 Å². The number of rotatable bonds is 4. The molecule has 16 heavy (non-hydrogen) atoms. The first kappa shape index (κ1) is 12.5. The molecule has 1 aromatic rings. The Morgan fingerprint density at radius 1 is 1.31 bits per heavy atom. The van der Waals surface area contributed by atoms with Crippen molar-refractivity contribution in [3.05, 3.63) is 35.4 Å². The number of hydrogen-bond donors (Lipinski definition) is 2. The van der Waals surface area contributed by atoms with E-state index in [1.807, 2.05) is 0 Å². The molecule has 0 aromatic heterocycles. The molecule has 0 bridgehead atoms. The van der Waals surface area contributed by atoms with Crippen molar-refractivity contribution in [2.24, 2.45) is 5.73 Å². The molecule has 1 rings (SSSR count). The summed E-state index contributed by atoms with van der Waals surface area (Å²) in [4.78, 5) is 10.4. The van der Waals surface area contributed by atoms with Crippen molar-refractivity contribution in [2.75, 3.05) is 6.54 Å². The molecule has 0 fully saturated rings. The second kappa shape index (κ2) is 4.98. The van der Waals surface area contributed by atoms with Crippen LogP contribution in [0.4, 0.5) is 13.2 Å². The highest BCUT2D eigenvalue weighted by molar-refractivity contribution is 5.75. The van der Waals surface area contributed by atoms with Crippen LogP contribution in [0.25, 0.3) is 0 Å². The molecule has 0 saturated carbocycles. The summed E-state index contributed by atoms with van der Waals surface area (Å²) >= 11 is 0. The van der Waals surface area contributed by atoms with E-state index in [0.717, 1.165) is 6.07 Å². The molecular weight excluding hydrogens is 221 g/mol. The average Bonchev–Trinajstić information content (AvgIpc) is 2.16. The van der Waals surface area contributed by atoms with Crippen LogP contribution in [0.15, 0.2) is 24.3 Å². The minimum Gasteiger partial charge on any atom is -0.369 e. The fraction of sp³-hybridized carbons (Fsp3) is 0.300. The molecular formula is C10H11F3N2O. The van der Waals surface area contributed by atoms with Gasteiger partial charge in [-0.15, -0.1) is 0 Å². The number of benzene rings is 1. The molecule has 0 heterocycles. The molecule has 0 spiro atoms. The molecule has 0 atom stereocenters. The summed E-state index contributed by atoms with van der Waals surface area (Å²) in [5.74, 6) is -0.607. The molecule has 3 nitrogen and oxygen atoms in total. The van der Waals surface area contributed by atoms with Gasteiger partial charge in [-0.25, -0.2) is 0 Å². The Bertz CT molecular complexity index is 377. The van der Waals surface area contributed by atoms with E-state index in [1.54, 1.807) is 0 Å². The third kappa shape index (κ3) is 3.54. The molecule has 0 aliphatic heterocycles. The van der Waals surface area contributed by atoms with Gasteiger partial charge in [-0.1, -0.05) is 18.2 Å². The standard InChI is InChI=1S/C10H11F3N2O/c11-10(12,13)8-4-2-1-3-7(8)5-15-6-9(14)16/h1-4,15H,5-6H2,(H2,14,16). The van der Waals surface area contributed by atoms with E-state index >= 15 is 0 Å². The maximum atomic E-state index is 12.5. The van der Waals surface area contributed by atoms with Crippen molar-refractivity contribution in [1.29, 1.82) is 0 Å². The zero-order chi connectivity index (χ0) is 12.2. The van der Waals surface area contributed by atoms with E-state index in [-0.39, 0.29) is 18.7 Å². The van der Waals surface area contributed by atoms with Crippen LogP contribution in [-0.4, -0.2) is 12.5 Å². The lowest BCUT2D eigenvalue weighted by molar-refractivity contribution is -0.138. The SMILES string of the molecule is NC(=O)CNCc1ccccc1C(F)(F)F. The largest absolute Gasteiger partial charge is 0.416 e. The second-order valence-electron chi connectivity index (χ2n) is 3.22. The maximum Gasteiger partial charge on any atom is 0.416 e. The summed E-state index contributed by atoms with van der Waals surface area (Å²) in [5.41, 5.74) is 4.25. The topological polar surface area (TPSA) is 55.1 Å². The number of alkyl halides is 3. The Labute approximate surface area is 90.4 Å². The van der Waals surface area contributed by atoms with Gasteiger partial charge in [-0.2, -0.15) is 13.2 Å². The fourth-order valence-corrected chi connectivity index (χ4v) is 1.27. The van der Waals surface area contributed by atoms with Gasteiger partial charge in [0.15, 0.2) is 0 Å². The maximum absolute atomic E-state index is 12.5. The number of carbonyl (C=O) groups excluding carboxylic acids is 1. The third-order valence-electron chi connectivity index (χ3n) is 1.94. The summed E-state index contributed by atoms with van der Waals surface area (Å²) in [6, 6.07) is 5.19. The van der Waals surface area contributed by atoms with Gasteiger partial charge in [-0.05, 0) is 11.6 Å². The quantitative estimate of drug-likeness (QED) is 0.821.